The number of nitro benzene ring substituents is 1. The molecule has 0 saturated carbocycles. The van der Waals surface area contributed by atoms with E-state index >= 15 is 0 Å². The van der Waals surface area contributed by atoms with E-state index in [9.17, 15) is 18.5 Å². The normalized spacial score (nSPS) is 12.3. The minimum absolute atomic E-state index is 0.0246. The van der Waals surface area contributed by atoms with Gasteiger partial charge >= 0.3 is 0 Å². The van der Waals surface area contributed by atoms with Gasteiger partial charge in [-0.3, -0.25) is 10.1 Å². The van der Waals surface area contributed by atoms with Crippen molar-refractivity contribution in [2.45, 2.75) is 18.7 Å². The molecule has 1 aromatic rings. The van der Waals surface area contributed by atoms with E-state index in [0.717, 1.165) is 6.07 Å². The third-order valence-electron chi connectivity index (χ3n) is 2.33. The minimum Gasteiger partial charge on any atom is -0.488 e. The average molecular weight is 340 g/mol. The van der Waals surface area contributed by atoms with Crippen molar-refractivity contribution in [1.82, 2.24) is 0 Å². The number of halogens is 2. The predicted molar refractivity (Wildman–Crippen MR) is 76.0 cm³/mol. The number of hydrogen-bond donors (Lipinski definition) is 0. The summed E-state index contributed by atoms with van der Waals surface area (Å²) >= 11 is 5.48. The lowest BCUT2D eigenvalue weighted by Crippen LogP contribution is -2.05. The number of hydrogen-bond acceptors (Lipinski definition) is 5. The van der Waals surface area contributed by atoms with Crippen LogP contribution in [0.5, 0.6) is 5.75 Å². The van der Waals surface area contributed by atoms with Gasteiger partial charge in [-0.15, -0.1) is 0 Å². The molecule has 110 valence electrons. The number of ether oxygens (including phenoxy) is 1. The maximum atomic E-state index is 11.5. The Morgan fingerprint density at radius 3 is 2.55 bits per heavy atom. The zero-order valence-corrected chi connectivity index (χ0v) is 12.9. The van der Waals surface area contributed by atoms with Crippen molar-refractivity contribution in [3.63, 3.8) is 0 Å². The van der Waals surface area contributed by atoms with Crippen molar-refractivity contribution < 1.29 is 18.1 Å². The SMILES string of the molecule is CC(=CCl)COc1c(C)cc([N+](=O)[O-])cc1S(=O)(=O)Cl. The summed E-state index contributed by atoms with van der Waals surface area (Å²) in [7, 11) is 1.11. The van der Waals surface area contributed by atoms with E-state index in [1.54, 1.807) is 6.92 Å². The van der Waals surface area contributed by atoms with E-state index in [2.05, 4.69) is 0 Å². The zero-order chi connectivity index (χ0) is 15.5. The van der Waals surface area contributed by atoms with Crippen molar-refractivity contribution >= 4 is 37.0 Å². The summed E-state index contributed by atoms with van der Waals surface area (Å²) in [4.78, 5) is 9.62. The second kappa shape index (κ2) is 6.43. The summed E-state index contributed by atoms with van der Waals surface area (Å²) in [5.74, 6) is -0.0246. The van der Waals surface area contributed by atoms with E-state index in [1.807, 2.05) is 0 Å². The molecule has 9 heteroatoms. The molecule has 1 aromatic carbocycles. The summed E-state index contributed by atoms with van der Waals surface area (Å²) in [6.45, 7) is 3.22. The van der Waals surface area contributed by atoms with Crippen LogP contribution in [0.2, 0.25) is 0 Å². The number of nitro groups is 1. The molecule has 6 nitrogen and oxygen atoms in total. The van der Waals surface area contributed by atoms with Crippen molar-refractivity contribution in [3.8, 4) is 5.75 Å². The Bertz CT molecular complexity index is 670. The summed E-state index contributed by atoms with van der Waals surface area (Å²) in [5.41, 5.74) is 1.86. The Morgan fingerprint density at radius 2 is 2.10 bits per heavy atom. The topological polar surface area (TPSA) is 86.5 Å². The number of nitrogens with zero attached hydrogens (tertiary/aromatic N) is 1. The Hall–Kier alpha value is -1.31. The lowest BCUT2D eigenvalue weighted by molar-refractivity contribution is -0.385. The lowest BCUT2D eigenvalue weighted by atomic mass is 10.2. The van der Waals surface area contributed by atoms with E-state index < -0.39 is 18.9 Å². The summed E-state index contributed by atoms with van der Waals surface area (Å²) < 4.78 is 28.4. The highest BCUT2D eigenvalue weighted by Crippen LogP contribution is 2.34. The van der Waals surface area contributed by atoms with E-state index in [0.29, 0.717) is 11.1 Å². The van der Waals surface area contributed by atoms with Gasteiger partial charge in [0.1, 0.15) is 17.3 Å². The molecule has 0 aliphatic rings. The Kier molecular flexibility index (Phi) is 5.38. The quantitative estimate of drug-likeness (QED) is 0.466. The van der Waals surface area contributed by atoms with Crippen LogP contribution < -0.4 is 4.74 Å². The minimum atomic E-state index is -4.18. The maximum absolute atomic E-state index is 11.5. The third-order valence-corrected chi connectivity index (χ3v) is 4.03. The Morgan fingerprint density at radius 1 is 1.50 bits per heavy atom. The van der Waals surface area contributed by atoms with Gasteiger partial charge in [0.15, 0.2) is 0 Å². The summed E-state index contributed by atoms with van der Waals surface area (Å²) in [5, 5.41) is 10.8. The molecule has 0 atom stereocenters. The summed E-state index contributed by atoms with van der Waals surface area (Å²) in [6.07, 6.45) is 0. The highest BCUT2D eigenvalue weighted by Gasteiger charge is 2.24. The summed E-state index contributed by atoms with van der Waals surface area (Å²) in [6, 6.07) is 2.07. The van der Waals surface area contributed by atoms with Crippen molar-refractivity contribution in [1.29, 1.82) is 0 Å². The second-order valence-corrected chi connectivity index (χ2v) is 6.78. The van der Waals surface area contributed by atoms with Gasteiger partial charge in [-0.05, 0) is 25.0 Å². The molecule has 0 aliphatic heterocycles. The fraction of sp³-hybridized carbons (Fsp3) is 0.273. The largest absolute Gasteiger partial charge is 0.488 e. The number of aryl methyl sites for hydroxylation is 1. The van der Waals surface area contributed by atoms with Gasteiger partial charge in [-0.1, -0.05) is 11.6 Å². The lowest BCUT2D eigenvalue weighted by Gasteiger charge is -2.12. The Labute approximate surface area is 125 Å². The van der Waals surface area contributed by atoms with Gasteiger partial charge < -0.3 is 4.74 Å². The molecule has 0 aromatic heterocycles. The van der Waals surface area contributed by atoms with Crippen LogP contribution in [0.3, 0.4) is 0 Å². The first-order valence-corrected chi connectivity index (χ1v) is 8.03. The fourth-order valence-corrected chi connectivity index (χ4v) is 2.52. The van der Waals surface area contributed by atoms with Crippen LogP contribution in [0.25, 0.3) is 0 Å². The smallest absolute Gasteiger partial charge is 0.271 e. The average Bonchev–Trinajstić information content (AvgIpc) is 2.34. The van der Waals surface area contributed by atoms with Gasteiger partial charge in [0.25, 0.3) is 14.7 Å². The molecule has 1 rings (SSSR count). The van der Waals surface area contributed by atoms with Gasteiger partial charge in [0.2, 0.25) is 0 Å². The van der Waals surface area contributed by atoms with E-state index in [4.69, 9.17) is 27.0 Å². The molecule has 0 bridgehead atoms. The monoisotopic (exact) mass is 339 g/mol. The van der Waals surface area contributed by atoms with Crippen LogP contribution in [0.4, 0.5) is 5.69 Å². The molecular weight excluding hydrogens is 329 g/mol. The van der Waals surface area contributed by atoms with E-state index in [1.165, 1.54) is 18.5 Å². The highest BCUT2D eigenvalue weighted by atomic mass is 35.7. The van der Waals surface area contributed by atoms with Crippen molar-refractivity contribution in [2.24, 2.45) is 0 Å². The van der Waals surface area contributed by atoms with Crippen molar-refractivity contribution in [2.75, 3.05) is 6.61 Å². The molecule has 0 heterocycles. The van der Waals surface area contributed by atoms with E-state index in [-0.39, 0.29) is 18.0 Å². The second-order valence-electron chi connectivity index (χ2n) is 4.03. The van der Waals surface area contributed by atoms with Gasteiger partial charge in [-0.25, -0.2) is 8.42 Å². The first-order chi connectivity index (χ1) is 9.16. The number of rotatable bonds is 5. The van der Waals surface area contributed by atoms with Crippen LogP contribution in [0, 0.1) is 17.0 Å². The first kappa shape index (κ1) is 16.7. The molecule has 20 heavy (non-hydrogen) atoms. The fourth-order valence-electron chi connectivity index (χ4n) is 1.41. The van der Waals surface area contributed by atoms with Gasteiger partial charge in [-0.2, -0.15) is 0 Å². The Balaban J connectivity index is 3.39. The molecule has 0 spiro atoms. The number of non-ortho nitro benzene ring substituents is 1. The zero-order valence-electron chi connectivity index (χ0n) is 10.6. The molecule has 0 amide bonds. The molecular formula is C11H11Cl2NO5S. The van der Waals surface area contributed by atoms with Crippen LogP contribution in [-0.4, -0.2) is 19.9 Å². The molecule has 0 N–H and O–H groups in total. The molecule has 0 saturated heterocycles. The van der Waals surface area contributed by atoms with Crippen LogP contribution in [0.15, 0.2) is 28.1 Å². The third kappa shape index (κ3) is 4.09. The van der Waals surface area contributed by atoms with Crippen LogP contribution >= 0.6 is 22.3 Å². The van der Waals surface area contributed by atoms with Gasteiger partial charge in [0.05, 0.1) is 4.92 Å². The van der Waals surface area contributed by atoms with Crippen LogP contribution in [0.1, 0.15) is 12.5 Å². The molecule has 0 fully saturated rings. The molecule has 0 unspecified atom stereocenters. The first-order valence-electron chi connectivity index (χ1n) is 5.29. The standard InChI is InChI=1S/C11H11Cl2NO5S/c1-7(5-12)6-19-11-8(2)3-9(14(15)16)4-10(11)20(13,17)18/h3-5H,6H2,1-2H3. The van der Waals surface area contributed by atoms with Crippen LogP contribution in [-0.2, 0) is 9.05 Å². The maximum Gasteiger partial charge on any atom is 0.271 e. The highest BCUT2D eigenvalue weighted by molar-refractivity contribution is 8.13. The number of benzene rings is 1. The molecule has 0 radical (unpaired) electrons. The van der Waals surface area contributed by atoms with Gasteiger partial charge in [0, 0.05) is 28.4 Å². The molecule has 0 aliphatic carbocycles. The van der Waals surface area contributed by atoms with Crippen molar-refractivity contribution in [3.05, 3.63) is 38.9 Å². The predicted octanol–water partition coefficient (Wildman–Crippen LogP) is 3.35.